The molecule has 0 aliphatic carbocycles. The summed E-state index contributed by atoms with van der Waals surface area (Å²) in [4.78, 5) is 19.8. The maximum absolute atomic E-state index is 12.8. The van der Waals surface area contributed by atoms with Gasteiger partial charge >= 0.3 is 6.18 Å². The highest BCUT2D eigenvalue weighted by Gasteiger charge is 2.35. The number of nitro groups is 1. The van der Waals surface area contributed by atoms with Crippen LogP contribution >= 0.6 is 0 Å². The summed E-state index contributed by atoms with van der Waals surface area (Å²) < 4.78 is 44.0. The van der Waals surface area contributed by atoms with Crippen molar-refractivity contribution in [3.63, 3.8) is 0 Å². The molecule has 1 aliphatic heterocycles. The van der Waals surface area contributed by atoms with Crippen molar-refractivity contribution in [2.75, 3.05) is 6.54 Å². The molecule has 0 amide bonds. The van der Waals surface area contributed by atoms with E-state index in [9.17, 15) is 23.3 Å². The highest BCUT2D eigenvalue weighted by Crippen LogP contribution is 2.32. The Kier molecular flexibility index (Phi) is 4.79. The Labute approximate surface area is 163 Å². The molecule has 3 aromatic rings. The normalized spacial score (nSPS) is 14.6. The lowest BCUT2D eigenvalue weighted by molar-refractivity contribution is -0.384. The number of alkyl halides is 3. The van der Waals surface area contributed by atoms with E-state index in [0.29, 0.717) is 54.4 Å². The van der Waals surface area contributed by atoms with Crippen LogP contribution in [-0.4, -0.2) is 26.3 Å². The Bertz CT molecular complexity index is 1060. The lowest BCUT2D eigenvalue weighted by Gasteiger charge is -2.27. The van der Waals surface area contributed by atoms with Crippen LogP contribution < -0.4 is 0 Å². The van der Waals surface area contributed by atoms with Gasteiger partial charge in [-0.05, 0) is 18.2 Å². The Hall–Kier alpha value is -3.27. The average molecular weight is 404 g/mol. The molecule has 0 bridgehead atoms. The molecule has 1 aliphatic rings. The van der Waals surface area contributed by atoms with Crippen LogP contribution in [0, 0.1) is 10.1 Å². The van der Waals surface area contributed by atoms with Crippen LogP contribution in [0.5, 0.6) is 0 Å². The number of hydrogen-bond donors (Lipinski definition) is 0. The molecule has 150 valence electrons. The summed E-state index contributed by atoms with van der Waals surface area (Å²) in [5.41, 5.74) is 1.40. The third-order valence-corrected chi connectivity index (χ3v) is 4.67. The van der Waals surface area contributed by atoms with E-state index in [1.165, 1.54) is 12.3 Å². The summed E-state index contributed by atoms with van der Waals surface area (Å²) in [6.07, 6.45) is -2.96. The molecule has 0 radical (unpaired) electrons. The highest BCUT2D eigenvalue weighted by atomic mass is 19.4. The van der Waals surface area contributed by atoms with Gasteiger partial charge < -0.3 is 4.42 Å². The van der Waals surface area contributed by atoms with Crippen molar-refractivity contribution in [2.24, 2.45) is 0 Å². The van der Waals surface area contributed by atoms with E-state index in [2.05, 4.69) is 9.97 Å². The van der Waals surface area contributed by atoms with Gasteiger partial charge in [-0.1, -0.05) is 12.1 Å². The number of nitro benzene ring substituents is 1. The summed E-state index contributed by atoms with van der Waals surface area (Å²) >= 11 is 0. The summed E-state index contributed by atoms with van der Waals surface area (Å²) in [7, 11) is 0. The fraction of sp³-hybridized carbons (Fsp3) is 0.263. The molecule has 4 rings (SSSR count). The van der Waals surface area contributed by atoms with Gasteiger partial charge in [-0.25, -0.2) is 9.97 Å². The third kappa shape index (κ3) is 3.97. The Morgan fingerprint density at radius 3 is 2.76 bits per heavy atom. The van der Waals surface area contributed by atoms with E-state index in [1.807, 2.05) is 4.90 Å². The lowest BCUT2D eigenvalue weighted by atomic mass is 10.1. The predicted octanol–water partition coefficient (Wildman–Crippen LogP) is 4.22. The van der Waals surface area contributed by atoms with Gasteiger partial charge in [0, 0.05) is 37.3 Å². The van der Waals surface area contributed by atoms with Crippen molar-refractivity contribution in [2.45, 2.75) is 25.7 Å². The number of furan rings is 1. The van der Waals surface area contributed by atoms with Gasteiger partial charge in [-0.3, -0.25) is 15.0 Å². The molecule has 0 saturated heterocycles. The van der Waals surface area contributed by atoms with Crippen molar-refractivity contribution < 1.29 is 22.5 Å². The largest absolute Gasteiger partial charge is 0.459 e. The standard InChI is InChI=1S/C19H15F3N4O3/c20-19(21,22)18-23-9-12-10-25(8-7-15(12)24-18)11-13-5-6-17(29-13)14-3-1-2-4-16(14)26(27)28/h1-6,9H,7-8,10-11H2. The third-order valence-electron chi connectivity index (χ3n) is 4.67. The molecule has 10 heteroatoms. The molecular formula is C19H15F3N4O3. The zero-order valence-electron chi connectivity index (χ0n) is 15.0. The monoisotopic (exact) mass is 404 g/mol. The molecule has 0 spiro atoms. The van der Waals surface area contributed by atoms with E-state index in [4.69, 9.17) is 4.42 Å². The topological polar surface area (TPSA) is 85.3 Å². The van der Waals surface area contributed by atoms with Crippen LogP contribution in [-0.2, 0) is 25.7 Å². The molecule has 3 heterocycles. The Morgan fingerprint density at radius 1 is 1.21 bits per heavy atom. The number of aromatic nitrogens is 2. The number of nitrogens with zero attached hydrogens (tertiary/aromatic N) is 4. The summed E-state index contributed by atoms with van der Waals surface area (Å²) in [6, 6.07) is 9.73. The first kappa shape index (κ1) is 19.1. The minimum Gasteiger partial charge on any atom is -0.459 e. The van der Waals surface area contributed by atoms with E-state index in [-0.39, 0.29) is 5.69 Å². The van der Waals surface area contributed by atoms with Crippen LogP contribution in [0.1, 0.15) is 22.8 Å². The SMILES string of the molecule is O=[N+]([O-])c1ccccc1-c1ccc(CN2CCc3nc(C(F)(F)F)ncc3C2)o1. The number of fused-ring (bicyclic) bond motifs is 1. The van der Waals surface area contributed by atoms with Crippen molar-refractivity contribution in [3.05, 3.63) is 75.6 Å². The zero-order chi connectivity index (χ0) is 20.6. The van der Waals surface area contributed by atoms with E-state index < -0.39 is 16.9 Å². The zero-order valence-corrected chi connectivity index (χ0v) is 15.0. The predicted molar refractivity (Wildman–Crippen MR) is 95.7 cm³/mol. The van der Waals surface area contributed by atoms with Crippen LogP contribution in [0.3, 0.4) is 0 Å². The smallest absolute Gasteiger partial charge is 0.451 e. The second kappa shape index (κ2) is 7.28. The first-order valence-corrected chi connectivity index (χ1v) is 8.78. The molecule has 0 N–H and O–H groups in total. The molecule has 0 atom stereocenters. The van der Waals surface area contributed by atoms with Gasteiger partial charge in [0.1, 0.15) is 11.5 Å². The fourth-order valence-electron chi connectivity index (χ4n) is 3.32. The minimum absolute atomic E-state index is 0.0436. The second-order valence-corrected chi connectivity index (χ2v) is 6.66. The van der Waals surface area contributed by atoms with Gasteiger partial charge in [0.05, 0.1) is 22.7 Å². The first-order valence-electron chi connectivity index (χ1n) is 8.78. The molecule has 29 heavy (non-hydrogen) atoms. The van der Waals surface area contributed by atoms with Gasteiger partial charge in [0.15, 0.2) is 0 Å². The number of para-hydroxylation sites is 1. The maximum atomic E-state index is 12.8. The average Bonchev–Trinajstić information content (AvgIpc) is 3.15. The minimum atomic E-state index is -4.56. The van der Waals surface area contributed by atoms with Crippen LogP contribution in [0.25, 0.3) is 11.3 Å². The fourth-order valence-corrected chi connectivity index (χ4v) is 3.32. The maximum Gasteiger partial charge on any atom is 0.451 e. The van der Waals surface area contributed by atoms with Crippen LogP contribution in [0.4, 0.5) is 18.9 Å². The Morgan fingerprint density at radius 2 is 2.00 bits per heavy atom. The van der Waals surface area contributed by atoms with E-state index in [0.717, 1.165) is 0 Å². The number of benzene rings is 1. The van der Waals surface area contributed by atoms with Crippen molar-refractivity contribution in [1.29, 1.82) is 0 Å². The second-order valence-electron chi connectivity index (χ2n) is 6.66. The molecule has 0 unspecified atom stereocenters. The summed E-state index contributed by atoms with van der Waals surface area (Å²) in [5, 5.41) is 11.2. The van der Waals surface area contributed by atoms with Crippen molar-refractivity contribution in [3.8, 4) is 11.3 Å². The summed E-state index contributed by atoms with van der Waals surface area (Å²) in [5.74, 6) is -0.123. The molecule has 2 aromatic heterocycles. The van der Waals surface area contributed by atoms with E-state index in [1.54, 1.807) is 30.3 Å². The van der Waals surface area contributed by atoms with Gasteiger partial charge in [0.25, 0.3) is 5.69 Å². The van der Waals surface area contributed by atoms with Crippen LogP contribution in [0.2, 0.25) is 0 Å². The van der Waals surface area contributed by atoms with Gasteiger partial charge in [-0.2, -0.15) is 13.2 Å². The lowest BCUT2D eigenvalue weighted by Crippen LogP contribution is -2.31. The number of halogens is 3. The van der Waals surface area contributed by atoms with E-state index >= 15 is 0 Å². The Balaban J connectivity index is 1.49. The van der Waals surface area contributed by atoms with Crippen molar-refractivity contribution >= 4 is 5.69 Å². The molecule has 0 saturated carbocycles. The molecular weight excluding hydrogens is 389 g/mol. The van der Waals surface area contributed by atoms with Crippen LogP contribution in [0.15, 0.2) is 47.0 Å². The summed E-state index contributed by atoms with van der Waals surface area (Å²) in [6.45, 7) is 1.33. The van der Waals surface area contributed by atoms with Crippen molar-refractivity contribution in [1.82, 2.24) is 14.9 Å². The molecule has 7 nitrogen and oxygen atoms in total. The van der Waals surface area contributed by atoms with Gasteiger partial charge in [0.2, 0.25) is 5.82 Å². The van der Waals surface area contributed by atoms with Gasteiger partial charge in [-0.15, -0.1) is 0 Å². The first-order chi connectivity index (χ1) is 13.8. The number of rotatable bonds is 4. The number of hydrogen-bond acceptors (Lipinski definition) is 6. The molecule has 0 fully saturated rings. The molecule has 1 aromatic carbocycles. The quantitative estimate of drug-likeness (QED) is 0.478. The highest BCUT2D eigenvalue weighted by molar-refractivity contribution is 5.69.